The summed E-state index contributed by atoms with van der Waals surface area (Å²) in [6.45, 7) is 0. The maximum absolute atomic E-state index is 6.15. The number of fused-ring (bicyclic) bond motifs is 3. The van der Waals surface area contributed by atoms with Gasteiger partial charge in [-0.15, -0.1) is 0 Å². The van der Waals surface area contributed by atoms with Gasteiger partial charge in [-0.05, 0) is 77.9 Å². The quantitative estimate of drug-likeness (QED) is 0.245. The maximum Gasteiger partial charge on any atom is 0.136 e. The molecular formula is C30H20BrNO. The van der Waals surface area contributed by atoms with E-state index in [0.717, 1.165) is 54.6 Å². The van der Waals surface area contributed by atoms with Crippen LogP contribution in [0, 0.1) is 0 Å². The Hall–Kier alpha value is -3.82. The van der Waals surface area contributed by atoms with E-state index >= 15 is 0 Å². The van der Waals surface area contributed by atoms with Crippen molar-refractivity contribution in [2.24, 2.45) is 0 Å². The third kappa shape index (κ3) is 3.71. The summed E-state index contributed by atoms with van der Waals surface area (Å²) in [5.41, 5.74) is 7.43. The van der Waals surface area contributed by atoms with E-state index in [1.54, 1.807) is 0 Å². The van der Waals surface area contributed by atoms with Gasteiger partial charge in [-0.3, -0.25) is 0 Å². The monoisotopic (exact) mass is 489 g/mol. The number of benzene rings is 5. The van der Waals surface area contributed by atoms with Crippen LogP contribution in [0.5, 0.6) is 0 Å². The smallest absolute Gasteiger partial charge is 0.136 e. The van der Waals surface area contributed by atoms with Crippen LogP contribution in [-0.4, -0.2) is 0 Å². The summed E-state index contributed by atoms with van der Waals surface area (Å²) < 4.78 is 7.21. The summed E-state index contributed by atoms with van der Waals surface area (Å²) in [5, 5.41) is 2.25. The third-order valence-electron chi connectivity index (χ3n) is 5.90. The average molecular weight is 490 g/mol. The highest BCUT2D eigenvalue weighted by atomic mass is 79.9. The zero-order chi connectivity index (χ0) is 22.2. The molecule has 6 aromatic rings. The van der Waals surface area contributed by atoms with Gasteiger partial charge in [-0.2, -0.15) is 0 Å². The fourth-order valence-corrected chi connectivity index (χ4v) is 4.72. The molecule has 0 spiro atoms. The first kappa shape index (κ1) is 19.8. The molecule has 0 atom stereocenters. The lowest BCUT2D eigenvalue weighted by Crippen LogP contribution is -2.09. The molecule has 5 aromatic carbocycles. The molecule has 0 aliphatic heterocycles. The van der Waals surface area contributed by atoms with Crippen molar-refractivity contribution in [3.05, 3.63) is 126 Å². The van der Waals surface area contributed by atoms with Gasteiger partial charge in [0.1, 0.15) is 11.2 Å². The number of hydrogen-bond acceptors (Lipinski definition) is 2. The van der Waals surface area contributed by atoms with Crippen molar-refractivity contribution in [1.29, 1.82) is 0 Å². The van der Waals surface area contributed by atoms with E-state index in [1.807, 2.05) is 24.3 Å². The first-order valence-electron chi connectivity index (χ1n) is 10.9. The van der Waals surface area contributed by atoms with Crippen LogP contribution in [0.3, 0.4) is 0 Å². The number of hydrogen-bond donors (Lipinski definition) is 0. The lowest BCUT2D eigenvalue weighted by atomic mass is 10.0. The highest BCUT2D eigenvalue weighted by molar-refractivity contribution is 9.10. The Labute approximate surface area is 200 Å². The van der Waals surface area contributed by atoms with Gasteiger partial charge in [-0.1, -0.05) is 70.5 Å². The van der Waals surface area contributed by atoms with Crippen LogP contribution in [0.1, 0.15) is 0 Å². The second-order valence-electron chi connectivity index (χ2n) is 8.01. The molecule has 1 aromatic heterocycles. The van der Waals surface area contributed by atoms with E-state index in [1.165, 1.54) is 0 Å². The van der Waals surface area contributed by atoms with Crippen molar-refractivity contribution >= 4 is 54.9 Å². The van der Waals surface area contributed by atoms with Crippen molar-refractivity contribution in [1.82, 2.24) is 0 Å². The van der Waals surface area contributed by atoms with Crippen molar-refractivity contribution < 1.29 is 4.42 Å². The number of furan rings is 1. The van der Waals surface area contributed by atoms with Gasteiger partial charge >= 0.3 is 0 Å². The number of para-hydroxylation sites is 2. The molecule has 0 saturated heterocycles. The minimum Gasteiger partial charge on any atom is -0.456 e. The van der Waals surface area contributed by atoms with Crippen LogP contribution < -0.4 is 4.90 Å². The molecular weight excluding hydrogens is 470 g/mol. The van der Waals surface area contributed by atoms with Gasteiger partial charge in [-0.25, -0.2) is 0 Å². The molecule has 0 bridgehead atoms. The summed E-state index contributed by atoms with van der Waals surface area (Å²) in [6, 6.07) is 42.2. The zero-order valence-electron chi connectivity index (χ0n) is 17.8. The molecule has 0 unspecified atom stereocenters. The fraction of sp³-hybridized carbons (Fsp3) is 0. The van der Waals surface area contributed by atoms with Gasteiger partial charge in [0.15, 0.2) is 0 Å². The topological polar surface area (TPSA) is 16.4 Å². The van der Waals surface area contributed by atoms with Crippen LogP contribution >= 0.6 is 15.9 Å². The predicted molar refractivity (Wildman–Crippen MR) is 142 cm³/mol. The van der Waals surface area contributed by atoms with Crippen LogP contribution in [0.15, 0.2) is 130 Å². The Morgan fingerprint density at radius 3 is 1.88 bits per heavy atom. The van der Waals surface area contributed by atoms with Crippen molar-refractivity contribution in [2.45, 2.75) is 0 Å². The van der Waals surface area contributed by atoms with Crippen molar-refractivity contribution in [2.75, 3.05) is 4.90 Å². The zero-order valence-corrected chi connectivity index (χ0v) is 19.4. The molecule has 0 N–H and O–H groups in total. The number of rotatable bonds is 4. The third-order valence-corrected chi connectivity index (χ3v) is 6.39. The lowest BCUT2D eigenvalue weighted by molar-refractivity contribution is 0.669. The molecule has 158 valence electrons. The highest BCUT2D eigenvalue weighted by Crippen LogP contribution is 2.38. The van der Waals surface area contributed by atoms with Crippen LogP contribution in [0.4, 0.5) is 17.1 Å². The molecule has 33 heavy (non-hydrogen) atoms. The Morgan fingerprint density at radius 1 is 0.485 bits per heavy atom. The first-order chi connectivity index (χ1) is 16.3. The van der Waals surface area contributed by atoms with Gasteiger partial charge in [0, 0.05) is 32.3 Å². The Morgan fingerprint density at radius 2 is 1.15 bits per heavy atom. The molecule has 0 radical (unpaired) electrons. The average Bonchev–Trinajstić information content (AvgIpc) is 3.23. The van der Waals surface area contributed by atoms with Crippen molar-refractivity contribution in [3.8, 4) is 11.1 Å². The number of halogens is 1. The van der Waals surface area contributed by atoms with Crippen LogP contribution in [0.25, 0.3) is 33.1 Å². The normalized spacial score (nSPS) is 11.2. The van der Waals surface area contributed by atoms with Gasteiger partial charge in [0.25, 0.3) is 0 Å². The second kappa shape index (κ2) is 8.27. The molecule has 6 rings (SSSR count). The second-order valence-corrected chi connectivity index (χ2v) is 8.93. The minimum absolute atomic E-state index is 0.897. The summed E-state index contributed by atoms with van der Waals surface area (Å²) in [5.74, 6) is 0. The molecule has 0 aliphatic carbocycles. The fourth-order valence-electron chi connectivity index (χ4n) is 4.35. The van der Waals surface area contributed by atoms with Crippen LogP contribution in [-0.2, 0) is 0 Å². The molecule has 0 fully saturated rings. The SMILES string of the molecule is Brc1ccc2oc3cc(-c4cccc(N(c5ccccc5)c5ccccc5)c4)ccc3c2c1. The summed E-state index contributed by atoms with van der Waals surface area (Å²) in [6.07, 6.45) is 0. The minimum atomic E-state index is 0.897. The highest BCUT2D eigenvalue weighted by Gasteiger charge is 2.14. The van der Waals surface area contributed by atoms with Gasteiger partial charge in [0.05, 0.1) is 0 Å². The Balaban J connectivity index is 1.47. The van der Waals surface area contributed by atoms with Crippen LogP contribution in [0.2, 0.25) is 0 Å². The van der Waals surface area contributed by atoms with E-state index in [-0.39, 0.29) is 0 Å². The van der Waals surface area contributed by atoms with E-state index < -0.39 is 0 Å². The maximum atomic E-state index is 6.15. The standard InChI is InChI=1S/C30H20BrNO/c31-23-15-17-29-28(20-23)27-16-14-22(19-30(27)33-29)21-8-7-13-26(18-21)32(24-9-3-1-4-10-24)25-11-5-2-6-12-25/h1-20H. The largest absolute Gasteiger partial charge is 0.456 e. The molecule has 2 nitrogen and oxygen atoms in total. The van der Waals surface area contributed by atoms with Crippen molar-refractivity contribution in [3.63, 3.8) is 0 Å². The predicted octanol–water partition coefficient (Wildman–Crippen LogP) is 9.49. The van der Waals surface area contributed by atoms with E-state index in [9.17, 15) is 0 Å². The molecule has 0 amide bonds. The number of anilines is 3. The molecule has 1 heterocycles. The Kier molecular flexibility index (Phi) is 4.97. The van der Waals surface area contributed by atoms with E-state index in [0.29, 0.717) is 0 Å². The number of nitrogens with zero attached hydrogens (tertiary/aromatic N) is 1. The van der Waals surface area contributed by atoms with Gasteiger partial charge < -0.3 is 9.32 Å². The van der Waals surface area contributed by atoms with E-state index in [2.05, 4.69) is 118 Å². The first-order valence-corrected chi connectivity index (χ1v) is 11.7. The Bertz CT molecular complexity index is 1530. The molecule has 0 aliphatic rings. The lowest BCUT2D eigenvalue weighted by Gasteiger charge is -2.25. The van der Waals surface area contributed by atoms with E-state index in [4.69, 9.17) is 4.42 Å². The summed E-state index contributed by atoms with van der Waals surface area (Å²) in [7, 11) is 0. The van der Waals surface area contributed by atoms with Gasteiger partial charge in [0.2, 0.25) is 0 Å². The summed E-state index contributed by atoms with van der Waals surface area (Å²) >= 11 is 3.57. The molecule has 0 saturated carbocycles. The summed E-state index contributed by atoms with van der Waals surface area (Å²) in [4.78, 5) is 2.28. The molecule has 3 heteroatoms.